The largest absolute Gasteiger partial charge is 0.444 e. The van der Waals surface area contributed by atoms with Crippen molar-refractivity contribution in [3.63, 3.8) is 0 Å². The summed E-state index contributed by atoms with van der Waals surface area (Å²) in [5.74, 6) is 0. The van der Waals surface area contributed by atoms with Crippen molar-refractivity contribution in [3.05, 3.63) is 61.2 Å². The number of rotatable bonds is 11. The van der Waals surface area contributed by atoms with Crippen LogP contribution in [0.4, 0.5) is 4.79 Å². The van der Waals surface area contributed by atoms with Gasteiger partial charge in [-0.05, 0) is 26.3 Å². The second kappa shape index (κ2) is 11.5. The maximum Gasteiger partial charge on any atom is 0.410 e. The van der Waals surface area contributed by atoms with Crippen LogP contribution < -0.4 is 0 Å². The number of nitrogens with zero attached hydrogens (tertiary/aromatic N) is 1. The molecular formula is C21H31NO4. The zero-order chi connectivity index (χ0) is 19.4. The van der Waals surface area contributed by atoms with Crippen LogP contribution in [0.2, 0.25) is 0 Å². The monoisotopic (exact) mass is 361 g/mol. The van der Waals surface area contributed by atoms with Gasteiger partial charge >= 0.3 is 6.09 Å². The van der Waals surface area contributed by atoms with Crippen molar-refractivity contribution in [3.8, 4) is 0 Å². The molecule has 5 nitrogen and oxygen atoms in total. The zero-order valence-corrected chi connectivity index (χ0v) is 16.1. The lowest BCUT2D eigenvalue weighted by Crippen LogP contribution is -2.43. The van der Waals surface area contributed by atoms with Gasteiger partial charge in [0.05, 0.1) is 32.5 Å². The zero-order valence-electron chi connectivity index (χ0n) is 16.1. The first-order chi connectivity index (χ1) is 12.4. The van der Waals surface area contributed by atoms with Crippen molar-refractivity contribution in [1.82, 2.24) is 4.90 Å². The predicted molar refractivity (Wildman–Crippen MR) is 104 cm³/mol. The van der Waals surface area contributed by atoms with Crippen molar-refractivity contribution in [2.45, 2.75) is 39.1 Å². The van der Waals surface area contributed by atoms with E-state index < -0.39 is 11.7 Å². The average Bonchev–Trinajstić information content (AvgIpc) is 2.58. The number of ether oxygens (including phenoxy) is 3. The van der Waals surface area contributed by atoms with Gasteiger partial charge in [0.2, 0.25) is 0 Å². The summed E-state index contributed by atoms with van der Waals surface area (Å²) < 4.78 is 17.0. The molecule has 0 aliphatic carbocycles. The Bertz CT molecular complexity index is 551. The van der Waals surface area contributed by atoms with Gasteiger partial charge in [0.1, 0.15) is 5.60 Å². The molecule has 1 rings (SSSR count). The van der Waals surface area contributed by atoms with E-state index in [2.05, 4.69) is 13.2 Å². The van der Waals surface area contributed by atoms with Gasteiger partial charge in [-0.3, -0.25) is 0 Å². The molecule has 26 heavy (non-hydrogen) atoms. The smallest absolute Gasteiger partial charge is 0.410 e. The van der Waals surface area contributed by atoms with E-state index in [4.69, 9.17) is 14.2 Å². The number of hydrogen-bond acceptors (Lipinski definition) is 4. The molecule has 5 heteroatoms. The summed E-state index contributed by atoms with van der Waals surface area (Å²) in [4.78, 5) is 14.0. The number of carbonyl (C=O) groups is 1. The first-order valence-electron chi connectivity index (χ1n) is 8.78. The Morgan fingerprint density at radius 1 is 1.19 bits per heavy atom. The lowest BCUT2D eigenvalue weighted by Gasteiger charge is -2.29. The minimum absolute atomic E-state index is 0.288. The van der Waals surface area contributed by atoms with Crippen molar-refractivity contribution in [2.75, 3.05) is 26.3 Å². The molecule has 0 heterocycles. The second-order valence-corrected chi connectivity index (χ2v) is 6.92. The van der Waals surface area contributed by atoms with Crippen LogP contribution in [0.1, 0.15) is 26.3 Å². The third kappa shape index (κ3) is 9.39. The molecule has 0 bridgehead atoms. The highest BCUT2D eigenvalue weighted by Gasteiger charge is 2.24. The fourth-order valence-corrected chi connectivity index (χ4v) is 2.19. The van der Waals surface area contributed by atoms with Crippen LogP contribution in [-0.2, 0) is 20.8 Å². The Hall–Kier alpha value is -2.11. The summed E-state index contributed by atoms with van der Waals surface area (Å²) in [5.41, 5.74) is 0.530. The molecule has 0 N–H and O–H groups in total. The van der Waals surface area contributed by atoms with E-state index >= 15 is 0 Å². The molecule has 0 aromatic heterocycles. The first kappa shape index (κ1) is 21.9. The second-order valence-electron chi connectivity index (χ2n) is 6.92. The first-order valence-corrected chi connectivity index (χ1v) is 8.78. The summed E-state index contributed by atoms with van der Waals surface area (Å²) in [6.45, 7) is 14.9. The van der Waals surface area contributed by atoms with Crippen LogP contribution in [0, 0.1) is 0 Å². The van der Waals surface area contributed by atoms with Crippen molar-refractivity contribution >= 4 is 6.09 Å². The lowest BCUT2D eigenvalue weighted by molar-refractivity contribution is -0.0326. The van der Waals surface area contributed by atoms with E-state index in [1.165, 1.54) is 0 Å². The van der Waals surface area contributed by atoms with E-state index in [1.807, 2.05) is 51.1 Å². The molecule has 1 amide bonds. The summed E-state index contributed by atoms with van der Waals surface area (Å²) >= 11 is 0. The molecule has 1 aromatic carbocycles. The Labute approximate surface area is 157 Å². The Balaban J connectivity index is 2.64. The fourth-order valence-electron chi connectivity index (χ4n) is 2.19. The van der Waals surface area contributed by atoms with Crippen molar-refractivity contribution in [2.24, 2.45) is 0 Å². The van der Waals surface area contributed by atoms with E-state index in [0.717, 1.165) is 5.56 Å². The fraction of sp³-hybridized carbons (Fsp3) is 0.476. The van der Waals surface area contributed by atoms with Crippen molar-refractivity contribution in [1.29, 1.82) is 0 Å². The molecule has 0 saturated carbocycles. The van der Waals surface area contributed by atoms with Gasteiger partial charge in [-0.15, -0.1) is 13.2 Å². The molecule has 0 unspecified atom stereocenters. The highest BCUT2D eigenvalue weighted by Crippen LogP contribution is 2.11. The van der Waals surface area contributed by atoms with Gasteiger partial charge in [0, 0.05) is 6.54 Å². The molecule has 0 fully saturated rings. The van der Waals surface area contributed by atoms with Gasteiger partial charge in [-0.1, -0.05) is 42.5 Å². The minimum atomic E-state index is -0.558. The molecule has 1 aromatic rings. The molecule has 0 spiro atoms. The average molecular weight is 361 g/mol. The highest BCUT2D eigenvalue weighted by atomic mass is 16.6. The van der Waals surface area contributed by atoms with E-state index in [0.29, 0.717) is 32.9 Å². The lowest BCUT2D eigenvalue weighted by atomic mass is 10.2. The van der Waals surface area contributed by atoms with Gasteiger partial charge in [-0.25, -0.2) is 4.79 Å². The normalized spacial score (nSPS) is 12.3. The number of benzene rings is 1. The van der Waals surface area contributed by atoms with Crippen LogP contribution in [0.25, 0.3) is 0 Å². The van der Waals surface area contributed by atoms with Gasteiger partial charge in [-0.2, -0.15) is 0 Å². The molecule has 144 valence electrons. The molecule has 0 saturated heterocycles. The maximum atomic E-state index is 12.4. The quantitative estimate of drug-likeness (QED) is 0.554. The number of hydrogen-bond donors (Lipinski definition) is 0. The van der Waals surface area contributed by atoms with E-state index in [9.17, 15) is 4.79 Å². The Kier molecular flexibility index (Phi) is 9.70. The molecule has 0 radical (unpaired) electrons. The van der Waals surface area contributed by atoms with Crippen LogP contribution >= 0.6 is 0 Å². The number of amides is 1. The summed E-state index contributed by atoms with van der Waals surface area (Å²) in [6.07, 6.45) is 2.66. The SMILES string of the molecule is C=CCO[C@H](COCc1ccccc1)CN(CC=C)C(=O)OC(C)(C)C. The van der Waals surface area contributed by atoms with Gasteiger partial charge in [0.15, 0.2) is 0 Å². The topological polar surface area (TPSA) is 48.0 Å². The molecule has 0 aliphatic rings. The highest BCUT2D eigenvalue weighted by molar-refractivity contribution is 5.68. The Morgan fingerprint density at radius 3 is 2.46 bits per heavy atom. The summed E-state index contributed by atoms with van der Waals surface area (Å²) in [5, 5.41) is 0. The maximum absolute atomic E-state index is 12.4. The standard InChI is InChI=1S/C21H31NO4/c1-6-13-22(20(23)26-21(3,4)5)15-19(25-14-7-2)17-24-16-18-11-9-8-10-12-18/h6-12,19H,1-2,13-17H2,3-5H3/t19-/m0/s1. The van der Waals surface area contributed by atoms with Crippen LogP contribution in [0.5, 0.6) is 0 Å². The third-order valence-corrected chi connectivity index (χ3v) is 3.29. The predicted octanol–water partition coefficient (Wildman–Crippen LogP) is 4.20. The number of carbonyl (C=O) groups excluding carboxylic acids is 1. The van der Waals surface area contributed by atoms with E-state index in [1.54, 1.807) is 17.1 Å². The van der Waals surface area contributed by atoms with Gasteiger partial charge < -0.3 is 19.1 Å². The summed E-state index contributed by atoms with van der Waals surface area (Å²) in [7, 11) is 0. The Morgan fingerprint density at radius 2 is 1.88 bits per heavy atom. The third-order valence-electron chi connectivity index (χ3n) is 3.29. The van der Waals surface area contributed by atoms with Crippen LogP contribution in [0.3, 0.4) is 0 Å². The summed E-state index contributed by atoms with van der Waals surface area (Å²) in [6, 6.07) is 9.92. The molecular weight excluding hydrogens is 330 g/mol. The minimum Gasteiger partial charge on any atom is -0.444 e. The van der Waals surface area contributed by atoms with E-state index in [-0.39, 0.29) is 6.10 Å². The van der Waals surface area contributed by atoms with Crippen LogP contribution in [0.15, 0.2) is 55.6 Å². The molecule has 1 atom stereocenters. The van der Waals surface area contributed by atoms with Crippen LogP contribution in [-0.4, -0.2) is 49.0 Å². The van der Waals surface area contributed by atoms with Crippen molar-refractivity contribution < 1.29 is 19.0 Å². The van der Waals surface area contributed by atoms with Gasteiger partial charge in [0.25, 0.3) is 0 Å². The molecule has 0 aliphatic heterocycles.